The van der Waals surface area contributed by atoms with E-state index >= 15 is 0 Å². The maximum absolute atomic E-state index is 5.16. The Morgan fingerprint density at radius 2 is 2.21 bits per heavy atom. The summed E-state index contributed by atoms with van der Waals surface area (Å²) < 4.78 is 7.17. The lowest BCUT2D eigenvalue weighted by Gasteiger charge is -2.03. The Morgan fingerprint density at radius 1 is 1.36 bits per heavy atom. The topological polar surface area (TPSA) is 52.8 Å². The molecule has 14 heavy (non-hydrogen) atoms. The molecular formula is C9H12N4O. The molecule has 2 rings (SSSR count). The highest BCUT2D eigenvalue weighted by Gasteiger charge is 2.09. The van der Waals surface area contributed by atoms with Crippen molar-refractivity contribution in [2.24, 2.45) is 0 Å². The molecule has 5 heteroatoms. The molecule has 0 aliphatic carbocycles. The van der Waals surface area contributed by atoms with E-state index in [1.54, 1.807) is 13.4 Å². The molecule has 0 N–H and O–H groups in total. The summed E-state index contributed by atoms with van der Waals surface area (Å²) in [4.78, 5) is 12.3. The van der Waals surface area contributed by atoms with Gasteiger partial charge in [0.1, 0.15) is 6.33 Å². The van der Waals surface area contributed by atoms with Crippen molar-refractivity contribution >= 4 is 11.2 Å². The van der Waals surface area contributed by atoms with Crippen molar-refractivity contribution in [3.05, 3.63) is 12.7 Å². The van der Waals surface area contributed by atoms with Crippen LogP contribution in [0.25, 0.3) is 11.2 Å². The molecule has 0 atom stereocenters. The third kappa shape index (κ3) is 1.30. The van der Waals surface area contributed by atoms with Gasteiger partial charge in [-0.25, -0.2) is 9.97 Å². The van der Waals surface area contributed by atoms with Crippen molar-refractivity contribution in [3.63, 3.8) is 0 Å². The molecule has 0 fully saturated rings. The van der Waals surface area contributed by atoms with Crippen LogP contribution in [-0.2, 0) is 6.54 Å². The van der Waals surface area contributed by atoms with Gasteiger partial charge in [-0.15, -0.1) is 0 Å². The van der Waals surface area contributed by atoms with Gasteiger partial charge in [0.05, 0.1) is 13.4 Å². The number of rotatable bonds is 3. The summed E-state index contributed by atoms with van der Waals surface area (Å²) in [6.07, 6.45) is 4.28. The van der Waals surface area contributed by atoms with Gasteiger partial charge in [0.2, 0.25) is 5.88 Å². The lowest BCUT2D eigenvalue weighted by Crippen LogP contribution is -1.98. The van der Waals surface area contributed by atoms with Crippen LogP contribution in [0.2, 0.25) is 0 Å². The van der Waals surface area contributed by atoms with Gasteiger partial charge in [0.25, 0.3) is 0 Å². The van der Waals surface area contributed by atoms with Gasteiger partial charge < -0.3 is 9.30 Å². The molecule has 0 spiro atoms. The van der Waals surface area contributed by atoms with Gasteiger partial charge in [-0.1, -0.05) is 6.92 Å². The minimum Gasteiger partial charge on any atom is -0.479 e. The highest BCUT2D eigenvalue weighted by molar-refractivity contribution is 5.76. The van der Waals surface area contributed by atoms with Crippen LogP contribution in [-0.4, -0.2) is 26.6 Å². The maximum atomic E-state index is 5.16. The molecule has 2 aromatic heterocycles. The molecule has 0 aromatic carbocycles. The molecule has 74 valence electrons. The van der Waals surface area contributed by atoms with E-state index in [0.717, 1.165) is 18.5 Å². The van der Waals surface area contributed by atoms with E-state index in [1.807, 2.05) is 4.57 Å². The van der Waals surface area contributed by atoms with Crippen LogP contribution in [0.5, 0.6) is 5.88 Å². The first-order valence-electron chi connectivity index (χ1n) is 4.56. The third-order valence-corrected chi connectivity index (χ3v) is 2.03. The van der Waals surface area contributed by atoms with Crippen molar-refractivity contribution in [2.75, 3.05) is 7.11 Å². The SMILES string of the molecule is CCCn1cnc2ncnc(OC)c21. The molecule has 0 amide bonds. The van der Waals surface area contributed by atoms with Crippen LogP contribution in [0.4, 0.5) is 0 Å². The Morgan fingerprint density at radius 3 is 2.93 bits per heavy atom. The van der Waals surface area contributed by atoms with Gasteiger partial charge in [-0.2, -0.15) is 4.98 Å². The molecule has 2 heterocycles. The van der Waals surface area contributed by atoms with Crippen LogP contribution < -0.4 is 4.74 Å². The Hall–Kier alpha value is -1.65. The largest absolute Gasteiger partial charge is 0.479 e. The third-order valence-electron chi connectivity index (χ3n) is 2.03. The fraction of sp³-hybridized carbons (Fsp3) is 0.444. The number of ether oxygens (including phenoxy) is 1. The quantitative estimate of drug-likeness (QED) is 0.734. The summed E-state index contributed by atoms with van der Waals surface area (Å²) in [5, 5.41) is 0. The van der Waals surface area contributed by atoms with Crippen LogP contribution in [0.15, 0.2) is 12.7 Å². The Balaban J connectivity index is 2.62. The molecule has 0 radical (unpaired) electrons. The zero-order chi connectivity index (χ0) is 9.97. The van der Waals surface area contributed by atoms with Crippen molar-refractivity contribution in [3.8, 4) is 5.88 Å². The summed E-state index contributed by atoms with van der Waals surface area (Å²) in [5.41, 5.74) is 1.56. The predicted octanol–water partition coefficient (Wildman–Crippen LogP) is 1.24. The number of imidazole rings is 1. The van der Waals surface area contributed by atoms with Crippen LogP contribution in [0, 0.1) is 0 Å². The lowest BCUT2D eigenvalue weighted by molar-refractivity contribution is 0.400. The van der Waals surface area contributed by atoms with E-state index in [4.69, 9.17) is 4.74 Å². The van der Waals surface area contributed by atoms with E-state index in [1.165, 1.54) is 6.33 Å². The second kappa shape index (κ2) is 3.61. The number of aromatic nitrogens is 4. The maximum Gasteiger partial charge on any atom is 0.243 e. The smallest absolute Gasteiger partial charge is 0.243 e. The summed E-state index contributed by atoms with van der Waals surface area (Å²) in [7, 11) is 1.60. The van der Waals surface area contributed by atoms with Crippen molar-refractivity contribution < 1.29 is 4.74 Å². The number of hydrogen-bond acceptors (Lipinski definition) is 4. The van der Waals surface area contributed by atoms with Crippen LogP contribution >= 0.6 is 0 Å². The van der Waals surface area contributed by atoms with E-state index in [0.29, 0.717) is 11.5 Å². The summed E-state index contributed by atoms with van der Waals surface area (Å²) in [6.45, 7) is 3.02. The first kappa shape index (κ1) is 8.93. The highest BCUT2D eigenvalue weighted by atomic mass is 16.5. The van der Waals surface area contributed by atoms with E-state index in [-0.39, 0.29) is 0 Å². The molecule has 0 aliphatic heterocycles. The van der Waals surface area contributed by atoms with Crippen molar-refractivity contribution in [2.45, 2.75) is 19.9 Å². The van der Waals surface area contributed by atoms with Crippen LogP contribution in [0.1, 0.15) is 13.3 Å². The zero-order valence-corrected chi connectivity index (χ0v) is 8.27. The monoisotopic (exact) mass is 192 g/mol. The second-order valence-electron chi connectivity index (χ2n) is 2.99. The van der Waals surface area contributed by atoms with Gasteiger partial charge >= 0.3 is 0 Å². The lowest BCUT2D eigenvalue weighted by atomic mass is 10.4. The van der Waals surface area contributed by atoms with Crippen molar-refractivity contribution in [1.29, 1.82) is 0 Å². The van der Waals surface area contributed by atoms with E-state index in [9.17, 15) is 0 Å². The van der Waals surface area contributed by atoms with Gasteiger partial charge in [-0.3, -0.25) is 0 Å². The number of aryl methyl sites for hydroxylation is 1. The molecular weight excluding hydrogens is 180 g/mol. The molecule has 0 bridgehead atoms. The summed E-state index contributed by atoms with van der Waals surface area (Å²) in [5.74, 6) is 0.584. The molecule has 0 saturated heterocycles. The first-order valence-corrected chi connectivity index (χ1v) is 4.56. The standard InChI is InChI=1S/C9H12N4O/c1-3-4-13-6-12-8-7(13)9(14-2)11-5-10-8/h5-6H,3-4H2,1-2H3. The van der Waals surface area contributed by atoms with Gasteiger partial charge in [-0.05, 0) is 6.42 Å². The second-order valence-corrected chi connectivity index (χ2v) is 2.99. The fourth-order valence-electron chi connectivity index (χ4n) is 1.44. The van der Waals surface area contributed by atoms with Crippen molar-refractivity contribution in [1.82, 2.24) is 19.5 Å². The zero-order valence-electron chi connectivity index (χ0n) is 8.27. The van der Waals surface area contributed by atoms with E-state index in [2.05, 4.69) is 21.9 Å². The number of methoxy groups -OCH3 is 1. The Bertz CT molecular complexity index is 437. The predicted molar refractivity (Wildman–Crippen MR) is 52.2 cm³/mol. The average Bonchev–Trinajstić information content (AvgIpc) is 2.62. The number of nitrogens with zero attached hydrogens (tertiary/aromatic N) is 4. The average molecular weight is 192 g/mol. The Labute approximate surface area is 81.8 Å². The van der Waals surface area contributed by atoms with Crippen LogP contribution in [0.3, 0.4) is 0 Å². The Kier molecular flexibility index (Phi) is 2.30. The summed E-state index contributed by atoms with van der Waals surface area (Å²) >= 11 is 0. The fourth-order valence-corrected chi connectivity index (χ4v) is 1.44. The van der Waals surface area contributed by atoms with E-state index < -0.39 is 0 Å². The first-order chi connectivity index (χ1) is 6.86. The summed E-state index contributed by atoms with van der Waals surface area (Å²) in [6, 6.07) is 0. The highest BCUT2D eigenvalue weighted by Crippen LogP contribution is 2.19. The molecule has 0 saturated carbocycles. The minimum atomic E-state index is 0.584. The molecule has 0 unspecified atom stereocenters. The van der Waals surface area contributed by atoms with Gasteiger partial charge in [0, 0.05) is 6.54 Å². The number of hydrogen-bond donors (Lipinski definition) is 0. The molecule has 0 aliphatic rings. The number of fused-ring (bicyclic) bond motifs is 1. The van der Waals surface area contributed by atoms with Gasteiger partial charge in [0.15, 0.2) is 11.2 Å². The molecule has 2 aromatic rings. The normalized spacial score (nSPS) is 10.7. The molecule has 5 nitrogen and oxygen atoms in total. The minimum absolute atomic E-state index is 0.584.